The van der Waals surface area contributed by atoms with Crippen molar-refractivity contribution < 1.29 is 14.1 Å². The van der Waals surface area contributed by atoms with E-state index in [9.17, 15) is 4.79 Å². The van der Waals surface area contributed by atoms with Crippen LogP contribution in [0.5, 0.6) is 5.75 Å². The number of ether oxygens (including phenoxy) is 1. The van der Waals surface area contributed by atoms with Crippen molar-refractivity contribution in [2.45, 2.75) is 46.1 Å². The number of nitrogens with zero attached hydrogens (tertiary/aromatic N) is 2. The normalized spacial score (nSPS) is 12.8. The molecule has 2 heterocycles. The van der Waals surface area contributed by atoms with E-state index in [-0.39, 0.29) is 5.91 Å². The number of anilines is 1. The van der Waals surface area contributed by atoms with Gasteiger partial charge in [0.2, 0.25) is 5.91 Å². The first-order valence-corrected chi connectivity index (χ1v) is 9.82. The molecule has 7 heteroatoms. The van der Waals surface area contributed by atoms with Gasteiger partial charge in [-0.25, -0.2) is 4.98 Å². The zero-order chi connectivity index (χ0) is 18.8. The number of nitrogens with one attached hydrogen (secondary N) is 1. The molecule has 0 saturated heterocycles. The molecule has 0 atom stereocenters. The number of aryl methyl sites for hydroxylation is 4. The lowest BCUT2D eigenvalue weighted by molar-refractivity contribution is -0.115. The van der Waals surface area contributed by atoms with Crippen LogP contribution in [-0.2, 0) is 30.7 Å². The lowest BCUT2D eigenvalue weighted by atomic mass is 10.1. The average Bonchev–Trinajstić information content (AvgIpc) is 3.30. The van der Waals surface area contributed by atoms with Gasteiger partial charge in [-0.2, -0.15) is 0 Å². The highest BCUT2D eigenvalue weighted by Crippen LogP contribution is 2.30. The molecule has 4 rings (SSSR count). The van der Waals surface area contributed by atoms with E-state index >= 15 is 0 Å². The SMILES string of the molecule is Cc1noc(C)c1COc1ccc(CC(=O)Nc2nc3c(s2)CCC3)cc1. The molecular weight excluding hydrogens is 362 g/mol. The van der Waals surface area contributed by atoms with E-state index in [0.717, 1.165) is 46.9 Å². The summed E-state index contributed by atoms with van der Waals surface area (Å²) in [7, 11) is 0. The maximum absolute atomic E-state index is 12.3. The molecule has 6 nitrogen and oxygen atoms in total. The van der Waals surface area contributed by atoms with Gasteiger partial charge in [0.25, 0.3) is 0 Å². The van der Waals surface area contributed by atoms with Crippen LogP contribution in [-0.4, -0.2) is 16.0 Å². The molecule has 1 aliphatic carbocycles. The Hall–Kier alpha value is -2.67. The number of carbonyl (C=O) groups is 1. The first-order valence-electron chi connectivity index (χ1n) is 9.00. The molecule has 140 valence electrons. The number of benzene rings is 1. The van der Waals surface area contributed by atoms with Crippen LogP contribution in [0.15, 0.2) is 28.8 Å². The Labute approximate surface area is 161 Å². The summed E-state index contributed by atoms with van der Waals surface area (Å²) in [6.45, 7) is 4.18. The molecule has 1 amide bonds. The van der Waals surface area contributed by atoms with E-state index in [0.29, 0.717) is 18.2 Å². The van der Waals surface area contributed by atoms with Gasteiger partial charge in [-0.05, 0) is 50.8 Å². The summed E-state index contributed by atoms with van der Waals surface area (Å²) in [5.74, 6) is 1.47. The number of hydrogen-bond donors (Lipinski definition) is 1. The van der Waals surface area contributed by atoms with E-state index in [4.69, 9.17) is 9.26 Å². The highest BCUT2D eigenvalue weighted by molar-refractivity contribution is 7.15. The molecule has 27 heavy (non-hydrogen) atoms. The van der Waals surface area contributed by atoms with Crippen molar-refractivity contribution in [3.8, 4) is 5.75 Å². The lowest BCUT2D eigenvalue weighted by Gasteiger charge is -2.07. The molecule has 1 aliphatic rings. The molecule has 3 aromatic rings. The summed E-state index contributed by atoms with van der Waals surface area (Å²) in [5, 5.41) is 7.54. The van der Waals surface area contributed by atoms with Crippen molar-refractivity contribution in [1.29, 1.82) is 0 Å². The molecule has 0 spiro atoms. The highest BCUT2D eigenvalue weighted by atomic mass is 32.1. The number of fused-ring (bicyclic) bond motifs is 1. The first-order chi connectivity index (χ1) is 13.1. The fourth-order valence-corrected chi connectivity index (χ4v) is 4.23. The molecule has 0 radical (unpaired) electrons. The van der Waals surface area contributed by atoms with Gasteiger partial charge in [0.1, 0.15) is 18.1 Å². The molecule has 2 aromatic heterocycles. The number of rotatable bonds is 6. The summed E-state index contributed by atoms with van der Waals surface area (Å²) in [6, 6.07) is 7.56. The van der Waals surface area contributed by atoms with Crippen molar-refractivity contribution in [3.63, 3.8) is 0 Å². The fraction of sp³-hybridized carbons (Fsp3) is 0.350. The Balaban J connectivity index is 1.31. The Kier molecular flexibility index (Phi) is 4.94. The van der Waals surface area contributed by atoms with E-state index in [1.165, 1.54) is 11.3 Å². The summed E-state index contributed by atoms with van der Waals surface area (Å²) < 4.78 is 10.9. The summed E-state index contributed by atoms with van der Waals surface area (Å²) in [4.78, 5) is 18.1. The van der Waals surface area contributed by atoms with Crippen molar-refractivity contribution in [2.75, 3.05) is 5.32 Å². The summed E-state index contributed by atoms with van der Waals surface area (Å²) in [5.41, 5.74) is 3.89. The van der Waals surface area contributed by atoms with Gasteiger partial charge in [-0.15, -0.1) is 11.3 Å². The summed E-state index contributed by atoms with van der Waals surface area (Å²) >= 11 is 1.60. The monoisotopic (exact) mass is 383 g/mol. The van der Waals surface area contributed by atoms with E-state index < -0.39 is 0 Å². The van der Waals surface area contributed by atoms with Crippen LogP contribution >= 0.6 is 11.3 Å². The molecule has 1 N–H and O–H groups in total. The second kappa shape index (κ2) is 7.52. The largest absolute Gasteiger partial charge is 0.489 e. The third-order valence-corrected chi connectivity index (χ3v) is 5.77. The highest BCUT2D eigenvalue weighted by Gasteiger charge is 2.17. The first kappa shape index (κ1) is 17.7. The summed E-state index contributed by atoms with van der Waals surface area (Å²) in [6.07, 6.45) is 3.59. The van der Waals surface area contributed by atoms with Crippen LogP contribution in [0, 0.1) is 13.8 Å². The topological polar surface area (TPSA) is 77.2 Å². The molecular formula is C20H21N3O3S. The maximum Gasteiger partial charge on any atom is 0.230 e. The Morgan fingerprint density at radius 2 is 2.07 bits per heavy atom. The predicted molar refractivity (Wildman–Crippen MR) is 103 cm³/mol. The Bertz CT molecular complexity index is 919. The quantitative estimate of drug-likeness (QED) is 0.696. The minimum absolute atomic E-state index is 0.0492. The molecule has 1 aromatic carbocycles. The number of amides is 1. The van der Waals surface area contributed by atoms with E-state index in [1.54, 1.807) is 11.3 Å². The van der Waals surface area contributed by atoms with Crippen LogP contribution in [0.1, 0.15) is 39.6 Å². The van der Waals surface area contributed by atoms with Crippen molar-refractivity contribution in [2.24, 2.45) is 0 Å². The van der Waals surface area contributed by atoms with Crippen molar-refractivity contribution in [3.05, 3.63) is 57.4 Å². The molecule has 0 aliphatic heterocycles. The minimum Gasteiger partial charge on any atom is -0.489 e. The van der Waals surface area contributed by atoms with Crippen molar-refractivity contribution in [1.82, 2.24) is 10.1 Å². The van der Waals surface area contributed by atoms with Crippen LogP contribution < -0.4 is 10.1 Å². The number of thiazole rings is 1. The lowest BCUT2D eigenvalue weighted by Crippen LogP contribution is -2.14. The molecule has 0 fully saturated rings. The van der Waals surface area contributed by atoms with Gasteiger partial charge in [-0.1, -0.05) is 17.3 Å². The second-order valence-corrected chi connectivity index (χ2v) is 7.79. The van der Waals surface area contributed by atoms with Gasteiger partial charge in [0.05, 0.1) is 23.4 Å². The number of aromatic nitrogens is 2. The van der Waals surface area contributed by atoms with Gasteiger partial charge in [0.15, 0.2) is 5.13 Å². The Morgan fingerprint density at radius 1 is 1.26 bits per heavy atom. The van der Waals surface area contributed by atoms with Gasteiger partial charge >= 0.3 is 0 Å². The number of hydrogen-bond acceptors (Lipinski definition) is 6. The minimum atomic E-state index is -0.0492. The van der Waals surface area contributed by atoms with Gasteiger partial charge < -0.3 is 14.6 Å². The van der Waals surface area contributed by atoms with Gasteiger partial charge in [0, 0.05) is 4.88 Å². The van der Waals surface area contributed by atoms with Crippen LogP contribution in [0.25, 0.3) is 0 Å². The number of carbonyl (C=O) groups excluding carboxylic acids is 1. The molecule has 0 bridgehead atoms. The smallest absolute Gasteiger partial charge is 0.230 e. The molecule has 0 saturated carbocycles. The van der Waals surface area contributed by atoms with E-state index in [1.807, 2.05) is 38.1 Å². The van der Waals surface area contributed by atoms with Crippen LogP contribution in [0.3, 0.4) is 0 Å². The Morgan fingerprint density at radius 3 is 2.78 bits per heavy atom. The van der Waals surface area contributed by atoms with E-state index in [2.05, 4.69) is 15.5 Å². The fourth-order valence-electron chi connectivity index (χ4n) is 3.16. The van der Waals surface area contributed by atoms with Crippen LogP contribution in [0.2, 0.25) is 0 Å². The zero-order valence-corrected chi connectivity index (χ0v) is 16.2. The predicted octanol–water partition coefficient (Wildman–Crippen LogP) is 4.00. The third-order valence-electron chi connectivity index (χ3n) is 4.69. The van der Waals surface area contributed by atoms with Gasteiger partial charge in [-0.3, -0.25) is 4.79 Å². The van der Waals surface area contributed by atoms with Crippen LogP contribution in [0.4, 0.5) is 5.13 Å². The standard InChI is InChI=1S/C20H21N3O3S/c1-12-16(13(2)26-23-12)11-25-15-8-6-14(7-9-15)10-19(24)22-20-21-17-4-3-5-18(17)27-20/h6-9H,3-5,10-11H2,1-2H3,(H,21,22,24). The van der Waals surface area contributed by atoms with Crippen molar-refractivity contribution >= 4 is 22.4 Å². The molecule has 0 unspecified atom stereocenters. The maximum atomic E-state index is 12.3. The average molecular weight is 383 g/mol. The second-order valence-electron chi connectivity index (χ2n) is 6.70. The zero-order valence-electron chi connectivity index (χ0n) is 15.4. The third kappa shape index (κ3) is 4.03.